The molecule has 0 unspecified atom stereocenters. The van der Waals surface area contributed by atoms with Crippen molar-refractivity contribution in [2.24, 2.45) is 0 Å². The maximum absolute atomic E-state index is 9.58. The van der Waals surface area contributed by atoms with Crippen LogP contribution in [-0.4, -0.2) is 22.2 Å². The lowest BCUT2D eigenvalue weighted by Crippen LogP contribution is -2.31. The fourth-order valence-corrected chi connectivity index (χ4v) is 2.16. The predicted molar refractivity (Wildman–Crippen MR) is 46.4 cm³/mol. The monoisotopic (exact) mass is 160 g/mol. The minimum Gasteiger partial charge on any atom is -0.390 e. The van der Waals surface area contributed by atoms with E-state index in [1.54, 1.807) is 0 Å². The third-order valence-electron chi connectivity index (χ3n) is 2.34. The smallest absolute Gasteiger partial charge is 0.0620 e. The molecule has 0 amide bonds. The first-order valence-corrected chi connectivity index (χ1v) is 5.18. The summed E-state index contributed by atoms with van der Waals surface area (Å²) >= 11 is 1.94. The summed E-state index contributed by atoms with van der Waals surface area (Å²) in [5, 5.41) is 10.4. The van der Waals surface area contributed by atoms with E-state index in [1.807, 2.05) is 18.7 Å². The zero-order valence-corrected chi connectivity index (χ0v) is 7.58. The minimum absolute atomic E-state index is 0.355. The molecule has 1 aliphatic rings. The van der Waals surface area contributed by atoms with Crippen LogP contribution in [0.3, 0.4) is 0 Å². The molecule has 10 heavy (non-hydrogen) atoms. The highest BCUT2D eigenvalue weighted by molar-refractivity contribution is 7.99. The second kappa shape index (κ2) is 3.14. The van der Waals surface area contributed by atoms with E-state index in [9.17, 15) is 5.11 Å². The molecule has 0 atom stereocenters. The minimum atomic E-state index is -0.355. The molecular formula is C8H16OS. The zero-order valence-electron chi connectivity index (χ0n) is 6.76. The summed E-state index contributed by atoms with van der Waals surface area (Å²) in [7, 11) is 0. The largest absolute Gasteiger partial charge is 0.390 e. The molecule has 60 valence electrons. The lowest BCUT2D eigenvalue weighted by Gasteiger charge is -2.32. The van der Waals surface area contributed by atoms with Crippen LogP contribution in [0, 0.1) is 0 Å². The van der Waals surface area contributed by atoms with Gasteiger partial charge in [0.05, 0.1) is 5.60 Å². The summed E-state index contributed by atoms with van der Waals surface area (Å²) < 4.78 is 0. The molecule has 1 N–H and O–H groups in total. The van der Waals surface area contributed by atoms with E-state index >= 15 is 0 Å². The molecule has 0 bridgehead atoms. The average molecular weight is 160 g/mol. The van der Waals surface area contributed by atoms with Crippen molar-refractivity contribution in [1.29, 1.82) is 0 Å². The molecule has 1 fully saturated rings. The first-order valence-electron chi connectivity index (χ1n) is 3.89. The van der Waals surface area contributed by atoms with E-state index in [0.29, 0.717) is 0 Å². The second-order valence-corrected chi connectivity index (χ2v) is 4.57. The van der Waals surface area contributed by atoms with E-state index in [2.05, 4.69) is 6.26 Å². The van der Waals surface area contributed by atoms with Gasteiger partial charge in [-0.1, -0.05) is 0 Å². The number of thioether (sulfide) groups is 1. The van der Waals surface area contributed by atoms with Crippen molar-refractivity contribution in [3.05, 3.63) is 0 Å². The Labute approximate surface area is 67.2 Å². The van der Waals surface area contributed by atoms with Crippen molar-refractivity contribution in [2.45, 2.75) is 43.5 Å². The lowest BCUT2D eigenvalue weighted by atomic mass is 9.86. The predicted octanol–water partition coefficient (Wildman–Crippen LogP) is 2.04. The first-order chi connectivity index (χ1) is 4.64. The van der Waals surface area contributed by atoms with Crippen LogP contribution in [0.4, 0.5) is 0 Å². The van der Waals surface area contributed by atoms with E-state index < -0.39 is 0 Å². The van der Waals surface area contributed by atoms with Crippen LogP contribution < -0.4 is 0 Å². The second-order valence-electron chi connectivity index (χ2n) is 3.43. The van der Waals surface area contributed by atoms with Gasteiger partial charge in [0.1, 0.15) is 0 Å². The van der Waals surface area contributed by atoms with Gasteiger partial charge in [0.25, 0.3) is 0 Å². The van der Waals surface area contributed by atoms with Gasteiger partial charge in [-0.25, -0.2) is 0 Å². The van der Waals surface area contributed by atoms with Gasteiger partial charge in [0, 0.05) is 5.25 Å². The molecule has 0 saturated heterocycles. The van der Waals surface area contributed by atoms with Crippen LogP contribution in [0.1, 0.15) is 32.6 Å². The Hall–Kier alpha value is 0.310. The molecule has 1 rings (SSSR count). The first kappa shape index (κ1) is 8.41. The summed E-state index contributed by atoms with van der Waals surface area (Å²) in [5.41, 5.74) is -0.355. The highest BCUT2D eigenvalue weighted by Gasteiger charge is 2.27. The van der Waals surface area contributed by atoms with Gasteiger partial charge >= 0.3 is 0 Å². The van der Waals surface area contributed by atoms with Crippen LogP contribution >= 0.6 is 11.8 Å². The van der Waals surface area contributed by atoms with Crippen molar-refractivity contribution in [1.82, 2.24) is 0 Å². The Kier molecular flexibility index (Phi) is 2.64. The number of aliphatic hydroxyl groups is 1. The third kappa shape index (κ3) is 2.17. The molecule has 0 aromatic heterocycles. The van der Waals surface area contributed by atoms with Crippen LogP contribution in [0.5, 0.6) is 0 Å². The van der Waals surface area contributed by atoms with Crippen LogP contribution in [0.25, 0.3) is 0 Å². The molecule has 2 heteroatoms. The summed E-state index contributed by atoms with van der Waals surface area (Å²) in [6.45, 7) is 1.95. The van der Waals surface area contributed by atoms with E-state index in [0.717, 1.165) is 18.1 Å². The normalized spacial score (nSPS) is 41.7. The van der Waals surface area contributed by atoms with Gasteiger partial charge in [-0.15, -0.1) is 0 Å². The highest BCUT2D eigenvalue weighted by atomic mass is 32.2. The summed E-state index contributed by atoms with van der Waals surface area (Å²) in [5.74, 6) is 0. The lowest BCUT2D eigenvalue weighted by molar-refractivity contribution is 0.0240. The van der Waals surface area contributed by atoms with Crippen molar-refractivity contribution in [2.75, 3.05) is 6.26 Å². The molecule has 0 spiro atoms. The van der Waals surface area contributed by atoms with Crippen LogP contribution in [0.15, 0.2) is 0 Å². The maximum Gasteiger partial charge on any atom is 0.0620 e. The summed E-state index contributed by atoms with van der Waals surface area (Å²) in [4.78, 5) is 0. The topological polar surface area (TPSA) is 20.2 Å². The van der Waals surface area contributed by atoms with Gasteiger partial charge in [0.15, 0.2) is 0 Å². The van der Waals surface area contributed by atoms with Crippen LogP contribution in [0.2, 0.25) is 0 Å². The Balaban J connectivity index is 2.31. The molecule has 0 radical (unpaired) electrons. The van der Waals surface area contributed by atoms with Gasteiger partial charge in [-0.3, -0.25) is 0 Å². The van der Waals surface area contributed by atoms with Gasteiger partial charge < -0.3 is 5.11 Å². The van der Waals surface area contributed by atoms with Crippen LogP contribution in [-0.2, 0) is 0 Å². The summed E-state index contributed by atoms with van der Waals surface area (Å²) in [6, 6.07) is 0. The van der Waals surface area contributed by atoms with E-state index in [1.165, 1.54) is 12.8 Å². The number of hydrogen-bond acceptors (Lipinski definition) is 2. The van der Waals surface area contributed by atoms with Crippen molar-refractivity contribution >= 4 is 11.8 Å². The van der Waals surface area contributed by atoms with E-state index in [4.69, 9.17) is 0 Å². The van der Waals surface area contributed by atoms with Gasteiger partial charge in [0.2, 0.25) is 0 Å². The molecule has 0 heterocycles. The van der Waals surface area contributed by atoms with Crippen molar-refractivity contribution in [3.63, 3.8) is 0 Å². The molecule has 0 aromatic rings. The average Bonchev–Trinajstić information content (AvgIpc) is 1.88. The molecule has 1 aliphatic carbocycles. The highest BCUT2D eigenvalue weighted by Crippen LogP contribution is 2.32. The Morgan fingerprint density at radius 1 is 1.40 bits per heavy atom. The number of hydrogen-bond donors (Lipinski definition) is 1. The summed E-state index contributed by atoms with van der Waals surface area (Å²) in [6.07, 6.45) is 6.50. The quantitative estimate of drug-likeness (QED) is 0.633. The van der Waals surface area contributed by atoms with Crippen molar-refractivity contribution < 1.29 is 5.11 Å². The van der Waals surface area contributed by atoms with E-state index in [-0.39, 0.29) is 5.60 Å². The zero-order chi connectivity index (χ0) is 7.61. The standard InChI is InChI=1S/C8H16OS/c1-8(9)5-3-7(10-2)4-6-8/h7,9H,3-6H2,1-2H3. The van der Waals surface area contributed by atoms with Gasteiger partial charge in [-0.2, -0.15) is 11.8 Å². The molecule has 1 nitrogen and oxygen atoms in total. The Morgan fingerprint density at radius 3 is 2.30 bits per heavy atom. The SMILES string of the molecule is CSC1CCC(C)(O)CC1. The fraction of sp³-hybridized carbons (Fsp3) is 1.00. The molecular weight excluding hydrogens is 144 g/mol. The molecule has 1 saturated carbocycles. The molecule has 0 aromatic carbocycles. The Bertz CT molecular complexity index is 102. The van der Waals surface area contributed by atoms with Crippen molar-refractivity contribution in [3.8, 4) is 0 Å². The van der Waals surface area contributed by atoms with Gasteiger partial charge in [-0.05, 0) is 38.9 Å². The molecule has 0 aliphatic heterocycles. The number of rotatable bonds is 1. The maximum atomic E-state index is 9.58. The Morgan fingerprint density at radius 2 is 1.90 bits per heavy atom. The fourth-order valence-electron chi connectivity index (χ4n) is 1.45. The third-order valence-corrected chi connectivity index (χ3v) is 3.48.